The smallest absolute Gasteiger partial charge is 0.244 e. The van der Waals surface area contributed by atoms with Gasteiger partial charge in [0, 0.05) is 38.4 Å². The van der Waals surface area contributed by atoms with E-state index < -0.39 is 6.04 Å². The molecule has 0 aromatic rings. The standard InChI is InChI=1S/C18H30N4O2/c1-4-6-7-16(15(3)20-9-5-2)8-10-21-18(24)17-13-19-11-12-22(17)14-23/h4-6,14,17,19-20H,2,7-13H2,1,3H3,(H,21,24)/b6-4-,16-15+. The minimum Gasteiger partial charge on any atom is -0.385 e. The molecule has 134 valence electrons. The number of hydrogen-bond donors (Lipinski definition) is 3. The van der Waals surface area contributed by atoms with Gasteiger partial charge in [-0.3, -0.25) is 9.59 Å². The van der Waals surface area contributed by atoms with Gasteiger partial charge in [0.1, 0.15) is 6.04 Å². The molecule has 1 aliphatic rings. The Morgan fingerprint density at radius 2 is 2.21 bits per heavy atom. The molecule has 1 unspecified atom stereocenters. The molecular formula is C18H30N4O2. The van der Waals surface area contributed by atoms with Crippen LogP contribution in [0, 0.1) is 0 Å². The van der Waals surface area contributed by atoms with Crippen LogP contribution in [0.3, 0.4) is 0 Å². The summed E-state index contributed by atoms with van der Waals surface area (Å²) in [7, 11) is 0. The van der Waals surface area contributed by atoms with E-state index >= 15 is 0 Å². The second-order valence-electron chi connectivity index (χ2n) is 5.78. The quantitative estimate of drug-likeness (QED) is 0.411. The molecule has 0 spiro atoms. The summed E-state index contributed by atoms with van der Waals surface area (Å²) in [4.78, 5) is 24.9. The van der Waals surface area contributed by atoms with E-state index in [1.807, 2.05) is 26.0 Å². The third kappa shape index (κ3) is 6.58. The maximum atomic E-state index is 12.3. The van der Waals surface area contributed by atoms with E-state index in [0.717, 1.165) is 38.0 Å². The first-order chi connectivity index (χ1) is 11.6. The van der Waals surface area contributed by atoms with E-state index in [4.69, 9.17) is 0 Å². The third-order valence-corrected chi connectivity index (χ3v) is 4.09. The van der Waals surface area contributed by atoms with Gasteiger partial charge >= 0.3 is 0 Å². The van der Waals surface area contributed by atoms with Gasteiger partial charge in [-0.05, 0) is 32.3 Å². The second kappa shape index (κ2) is 11.5. The van der Waals surface area contributed by atoms with Crippen molar-refractivity contribution in [1.29, 1.82) is 0 Å². The topological polar surface area (TPSA) is 73.5 Å². The van der Waals surface area contributed by atoms with Crippen molar-refractivity contribution < 1.29 is 9.59 Å². The molecule has 0 aliphatic carbocycles. The van der Waals surface area contributed by atoms with Crippen LogP contribution >= 0.6 is 0 Å². The number of piperazine rings is 1. The van der Waals surface area contributed by atoms with Gasteiger partial charge in [0.25, 0.3) is 0 Å². The first kappa shape index (κ1) is 20.0. The molecule has 24 heavy (non-hydrogen) atoms. The van der Waals surface area contributed by atoms with Crippen molar-refractivity contribution in [2.75, 3.05) is 32.7 Å². The van der Waals surface area contributed by atoms with Crippen LogP contribution in [0.1, 0.15) is 26.7 Å². The SMILES string of the molecule is C=CCN/C(C)=C(\C/C=C\C)CCNC(=O)C1CNCCN1C=O. The largest absolute Gasteiger partial charge is 0.385 e. The summed E-state index contributed by atoms with van der Waals surface area (Å²) in [6.07, 6.45) is 8.33. The van der Waals surface area contributed by atoms with Crippen LogP contribution in [-0.2, 0) is 9.59 Å². The van der Waals surface area contributed by atoms with Crippen molar-refractivity contribution in [2.45, 2.75) is 32.7 Å². The minimum absolute atomic E-state index is 0.101. The predicted molar refractivity (Wildman–Crippen MR) is 97.4 cm³/mol. The molecule has 1 atom stereocenters. The van der Waals surface area contributed by atoms with Crippen molar-refractivity contribution in [2.24, 2.45) is 0 Å². The lowest BCUT2D eigenvalue weighted by Crippen LogP contribution is -2.57. The zero-order valence-corrected chi connectivity index (χ0v) is 14.8. The summed E-state index contributed by atoms with van der Waals surface area (Å²) in [5, 5.41) is 9.41. The third-order valence-electron chi connectivity index (χ3n) is 4.09. The van der Waals surface area contributed by atoms with Crippen molar-refractivity contribution >= 4 is 12.3 Å². The predicted octanol–water partition coefficient (Wildman–Crippen LogP) is 0.939. The molecule has 6 heteroatoms. The summed E-state index contributed by atoms with van der Waals surface area (Å²) in [5.41, 5.74) is 2.38. The van der Waals surface area contributed by atoms with Crippen LogP contribution in [0.15, 0.2) is 36.1 Å². The fourth-order valence-corrected chi connectivity index (χ4v) is 2.60. The Morgan fingerprint density at radius 1 is 1.42 bits per heavy atom. The monoisotopic (exact) mass is 334 g/mol. The van der Waals surface area contributed by atoms with Crippen LogP contribution in [0.5, 0.6) is 0 Å². The molecule has 1 saturated heterocycles. The Kier molecular flexibility index (Phi) is 9.53. The molecule has 0 bridgehead atoms. The lowest BCUT2D eigenvalue weighted by Gasteiger charge is -2.32. The normalized spacial score (nSPS) is 18.9. The maximum absolute atomic E-state index is 12.3. The Balaban J connectivity index is 2.55. The van der Waals surface area contributed by atoms with Crippen molar-refractivity contribution in [1.82, 2.24) is 20.9 Å². The van der Waals surface area contributed by atoms with Gasteiger partial charge < -0.3 is 20.9 Å². The van der Waals surface area contributed by atoms with E-state index in [2.05, 4.69) is 28.6 Å². The highest BCUT2D eigenvalue weighted by Crippen LogP contribution is 2.12. The zero-order valence-electron chi connectivity index (χ0n) is 14.8. The van der Waals surface area contributed by atoms with Gasteiger partial charge in [-0.25, -0.2) is 0 Å². The number of carbonyl (C=O) groups is 2. The lowest BCUT2D eigenvalue weighted by atomic mass is 10.1. The van der Waals surface area contributed by atoms with E-state index in [1.165, 1.54) is 5.57 Å². The number of amides is 2. The summed E-state index contributed by atoms with van der Waals surface area (Å²) in [5.74, 6) is -0.101. The minimum atomic E-state index is -0.417. The molecular weight excluding hydrogens is 304 g/mol. The van der Waals surface area contributed by atoms with Gasteiger partial charge in [0.05, 0.1) is 0 Å². The summed E-state index contributed by atoms with van der Waals surface area (Å²) >= 11 is 0. The van der Waals surface area contributed by atoms with Crippen molar-refractivity contribution in [3.05, 3.63) is 36.1 Å². The molecule has 0 aromatic carbocycles. The summed E-state index contributed by atoms with van der Waals surface area (Å²) in [6, 6.07) is -0.417. The lowest BCUT2D eigenvalue weighted by molar-refractivity contribution is -0.133. The van der Waals surface area contributed by atoms with Crippen LogP contribution in [0.25, 0.3) is 0 Å². The number of nitrogens with one attached hydrogen (secondary N) is 3. The Bertz CT molecular complexity index is 485. The van der Waals surface area contributed by atoms with E-state index in [9.17, 15) is 9.59 Å². The molecule has 0 aromatic heterocycles. The Labute approximate surface area is 145 Å². The highest BCUT2D eigenvalue weighted by atomic mass is 16.2. The van der Waals surface area contributed by atoms with Crippen LogP contribution in [0.2, 0.25) is 0 Å². The molecule has 0 saturated carbocycles. The summed E-state index contributed by atoms with van der Waals surface area (Å²) in [6.45, 7) is 10.8. The van der Waals surface area contributed by atoms with Gasteiger partial charge in [0.15, 0.2) is 0 Å². The summed E-state index contributed by atoms with van der Waals surface area (Å²) < 4.78 is 0. The van der Waals surface area contributed by atoms with Crippen molar-refractivity contribution in [3.63, 3.8) is 0 Å². The van der Waals surface area contributed by atoms with Gasteiger partial charge in [-0.15, -0.1) is 6.58 Å². The highest BCUT2D eigenvalue weighted by molar-refractivity contribution is 5.84. The number of nitrogens with zero attached hydrogens (tertiary/aromatic N) is 1. The Morgan fingerprint density at radius 3 is 2.88 bits per heavy atom. The van der Waals surface area contributed by atoms with Crippen LogP contribution < -0.4 is 16.0 Å². The average molecular weight is 334 g/mol. The molecule has 1 heterocycles. The van der Waals surface area contributed by atoms with Gasteiger partial charge in [-0.1, -0.05) is 18.2 Å². The maximum Gasteiger partial charge on any atom is 0.244 e. The fraction of sp³-hybridized carbons (Fsp3) is 0.556. The molecule has 1 aliphatic heterocycles. The van der Waals surface area contributed by atoms with Crippen LogP contribution in [0.4, 0.5) is 0 Å². The number of hydrogen-bond acceptors (Lipinski definition) is 4. The molecule has 3 N–H and O–H groups in total. The fourth-order valence-electron chi connectivity index (χ4n) is 2.60. The first-order valence-corrected chi connectivity index (χ1v) is 8.48. The van der Waals surface area contributed by atoms with E-state index in [0.29, 0.717) is 19.6 Å². The number of carbonyl (C=O) groups excluding carboxylic acids is 2. The van der Waals surface area contributed by atoms with Gasteiger partial charge in [0.2, 0.25) is 12.3 Å². The second-order valence-corrected chi connectivity index (χ2v) is 5.78. The van der Waals surface area contributed by atoms with Crippen molar-refractivity contribution in [3.8, 4) is 0 Å². The Hall–Kier alpha value is -2.08. The number of rotatable bonds is 10. The van der Waals surface area contributed by atoms with E-state index in [1.54, 1.807) is 4.90 Å². The molecule has 0 radical (unpaired) electrons. The molecule has 6 nitrogen and oxygen atoms in total. The molecule has 1 rings (SSSR count). The van der Waals surface area contributed by atoms with E-state index in [-0.39, 0.29) is 5.91 Å². The van der Waals surface area contributed by atoms with Gasteiger partial charge in [-0.2, -0.15) is 0 Å². The highest BCUT2D eigenvalue weighted by Gasteiger charge is 2.27. The average Bonchev–Trinajstić information content (AvgIpc) is 2.62. The first-order valence-electron chi connectivity index (χ1n) is 8.48. The molecule has 1 fully saturated rings. The molecule has 2 amide bonds. The van der Waals surface area contributed by atoms with Crippen LogP contribution in [-0.4, -0.2) is 56.0 Å². The number of allylic oxidation sites excluding steroid dienone is 3. The zero-order chi connectivity index (χ0) is 17.8.